The van der Waals surface area contributed by atoms with Crippen molar-refractivity contribution < 1.29 is 24.4 Å². The molecule has 0 spiro atoms. The van der Waals surface area contributed by atoms with Gasteiger partial charge in [-0.3, -0.25) is 4.57 Å². The number of nitrogens with two attached hydrogens (primary N) is 1. The normalized spacial score (nSPS) is 32.0. The first-order valence-corrected chi connectivity index (χ1v) is 7.18. The van der Waals surface area contributed by atoms with Crippen LogP contribution in [-0.2, 0) is 4.74 Å². The predicted molar refractivity (Wildman–Crippen MR) is 78.8 cm³/mol. The van der Waals surface area contributed by atoms with Gasteiger partial charge >= 0.3 is 5.69 Å². The lowest BCUT2D eigenvalue weighted by atomic mass is 9.98. The highest BCUT2D eigenvalue weighted by molar-refractivity contribution is 9.11. The molecule has 0 amide bonds. The number of aliphatic hydroxyl groups excluding tert-OH is 3. The Balaban J connectivity index is 2.49. The van der Waals surface area contributed by atoms with Crippen LogP contribution >= 0.6 is 15.9 Å². The molecule has 122 valence electrons. The fraction of sp³-hybridized carbons (Fsp3) is 0.500. The number of hydrogen-bond donors (Lipinski definition) is 4. The van der Waals surface area contributed by atoms with Gasteiger partial charge in [-0.2, -0.15) is 4.98 Å². The van der Waals surface area contributed by atoms with E-state index >= 15 is 0 Å². The first kappa shape index (κ1) is 17.0. The third-order valence-corrected chi connectivity index (χ3v) is 3.80. The zero-order valence-corrected chi connectivity index (χ0v) is 12.9. The number of alkyl halides is 1. The molecule has 2 rings (SSSR count). The van der Waals surface area contributed by atoms with E-state index in [0.717, 1.165) is 4.57 Å². The van der Waals surface area contributed by atoms with Crippen LogP contribution in [0.4, 0.5) is 10.2 Å². The average molecular weight is 380 g/mol. The topological polar surface area (TPSA) is 131 Å². The molecule has 0 saturated carbocycles. The van der Waals surface area contributed by atoms with Crippen molar-refractivity contribution in [1.29, 1.82) is 0 Å². The molecular weight excluding hydrogens is 365 g/mol. The van der Waals surface area contributed by atoms with Crippen molar-refractivity contribution in [3.05, 3.63) is 27.2 Å². The number of nitrogens with zero attached hydrogens (tertiary/aromatic N) is 2. The molecule has 2 heterocycles. The van der Waals surface area contributed by atoms with E-state index in [9.17, 15) is 24.5 Å². The molecule has 8 nitrogen and oxygen atoms in total. The van der Waals surface area contributed by atoms with Crippen LogP contribution in [0.5, 0.6) is 0 Å². The second-order valence-corrected chi connectivity index (χ2v) is 5.39. The lowest BCUT2D eigenvalue weighted by Gasteiger charge is -2.26. The number of anilines is 1. The van der Waals surface area contributed by atoms with E-state index in [1.54, 1.807) is 0 Å². The largest absolute Gasteiger partial charge is 0.393 e. The first-order valence-electron chi connectivity index (χ1n) is 6.26. The number of aromatic nitrogens is 2. The molecule has 1 saturated heterocycles. The van der Waals surface area contributed by atoms with E-state index in [-0.39, 0.29) is 5.82 Å². The zero-order valence-electron chi connectivity index (χ0n) is 11.3. The SMILES string of the molecule is Nc1nc(=O)n([C@@H]2O[C@@](CO)(CF)[C@@H](O)[C@@H]2O)cc1C=CBr. The van der Waals surface area contributed by atoms with E-state index in [0.29, 0.717) is 5.56 Å². The summed E-state index contributed by atoms with van der Waals surface area (Å²) in [7, 11) is 0. The number of nitrogen functional groups attached to an aromatic ring is 1. The van der Waals surface area contributed by atoms with E-state index in [1.165, 1.54) is 17.3 Å². The van der Waals surface area contributed by atoms with Gasteiger partial charge in [0.1, 0.15) is 24.7 Å². The van der Waals surface area contributed by atoms with Crippen LogP contribution in [0.15, 0.2) is 16.0 Å². The van der Waals surface area contributed by atoms with Gasteiger partial charge in [0.25, 0.3) is 0 Å². The predicted octanol–water partition coefficient (Wildman–Crippen LogP) is -0.858. The van der Waals surface area contributed by atoms with Gasteiger partial charge in [0.2, 0.25) is 0 Å². The maximum atomic E-state index is 13.1. The molecule has 1 aliphatic heterocycles. The highest BCUT2D eigenvalue weighted by atomic mass is 79.9. The fourth-order valence-electron chi connectivity index (χ4n) is 2.23. The second kappa shape index (κ2) is 6.42. The van der Waals surface area contributed by atoms with Crippen LogP contribution in [0.3, 0.4) is 0 Å². The quantitative estimate of drug-likeness (QED) is 0.535. The zero-order chi connectivity index (χ0) is 16.5. The van der Waals surface area contributed by atoms with E-state index in [4.69, 9.17) is 10.5 Å². The Morgan fingerprint density at radius 2 is 2.27 bits per heavy atom. The van der Waals surface area contributed by atoms with Crippen molar-refractivity contribution in [3.8, 4) is 0 Å². The monoisotopic (exact) mass is 379 g/mol. The highest BCUT2D eigenvalue weighted by Gasteiger charge is 2.55. The van der Waals surface area contributed by atoms with Crippen molar-refractivity contribution in [2.45, 2.75) is 24.0 Å². The van der Waals surface area contributed by atoms with Crippen LogP contribution in [-0.4, -0.2) is 56.0 Å². The molecular formula is C12H15BrFN3O5. The maximum Gasteiger partial charge on any atom is 0.351 e. The molecule has 1 aliphatic rings. The molecule has 0 bridgehead atoms. The summed E-state index contributed by atoms with van der Waals surface area (Å²) in [6.07, 6.45) is -1.96. The average Bonchev–Trinajstić information content (AvgIpc) is 2.75. The van der Waals surface area contributed by atoms with Gasteiger partial charge in [-0.15, -0.1) is 0 Å². The fourth-order valence-corrected chi connectivity index (χ4v) is 2.51. The summed E-state index contributed by atoms with van der Waals surface area (Å²) < 4.78 is 19.3. The van der Waals surface area contributed by atoms with Gasteiger partial charge < -0.3 is 25.8 Å². The molecule has 0 radical (unpaired) electrons. The van der Waals surface area contributed by atoms with Crippen molar-refractivity contribution >= 4 is 27.8 Å². The summed E-state index contributed by atoms with van der Waals surface area (Å²) in [4.78, 5) is 17.0. The van der Waals surface area contributed by atoms with E-state index in [2.05, 4.69) is 20.9 Å². The Kier molecular flexibility index (Phi) is 4.97. The van der Waals surface area contributed by atoms with Gasteiger partial charge in [0.15, 0.2) is 11.8 Å². The van der Waals surface area contributed by atoms with Crippen molar-refractivity contribution in [2.24, 2.45) is 0 Å². The van der Waals surface area contributed by atoms with Crippen LogP contribution in [0.2, 0.25) is 0 Å². The number of halogens is 2. The number of rotatable bonds is 4. The molecule has 4 atom stereocenters. The molecule has 1 aromatic rings. The lowest BCUT2D eigenvalue weighted by molar-refractivity contribution is -0.138. The minimum absolute atomic E-state index is 0.0381. The summed E-state index contributed by atoms with van der Waals surface area (Å²) >= 11 is 3.05. The lowest BCUT2D eigenvalue weighted by Crippen LogP contribution is -2.48. The first-order chi connectivity index (χ1) is 10.4. The molecule has 1 fully saturated rings. The molecule has 0 aromatic carbocycles. The Hall–Kier alpha value is -1.33. The number of ether oxygens (including phenoxy) is 1. The Labute approximate surface area is 132 Å². The minimum atomic E-state index is -1.99. The van der Waals surface area contributed by atoms with Crippen LogP contribution < -0.4 is 11.4 Å². The highest BCUT2D eigenvalue weighted by Crippen LogP contribution is 2.37. The maximum absolute atomic E-state index is 13.1. The third-order valence-electron chi connectivity index (χ3n) is 3.53. The molecule has 0 unspecified atom stereocenters. The van der Waals surface area contributed by atoms with Crippen LogP contribution in [0.1, 0.15) is 11.8 Å². The Morgan fingerprint density at radius 3 is 2.77 bits per heavy atom. The molecule has 10 heteroatoms. The second-order valence-electron chi connectivity index (χ2n) is 4.86. The van der Waals surface area contributed by atoms with E-state index < -0.39 is 43.0 Å². The summed E-state index contributed by atoms with van der Waals surface area (Å²) in [5.74, 6) is -0.0381. The Bertz CT molecular complexity index is 634. The van der Waals surface area contributed by atoms with Gasteiger partial charge in [0, 0.05) is 11.8 Å². The van der Waals surface area contributed by atoms with Gasteiger partial charge in [-0.1, -0.05) is 15.9 Å². The van der Waals surface area contributed by atoms with Crippen LogP contribution in [0.25, 0.3) is 6.08 Å². The van der Waals surface area contributed by atoms with Gasteiger partial charge in [-0.25, -0.2) is 9.18 Å². The molecule has 1 aromatic heterocycles. The standard InChI is InChI=1S/C12H15BrFN3O5/c13-2-1-6-3-17(11(21)16-9(6)15)10-7(19)8(20)12(4-14,5-18)22-10/h1-3,7-8,10,18-20H,4-5H2,(H2,15,16,21)/t7-,8-,10+,12+/m0/s1. The number of hydrogen-bond acceptors (Lipinski definition) is 7. The van der Waals surface area contributed by atoms with Crippen molar-refractivity contribution in [1.82, 2.24) is 9.55 Å². The summed E-state index contributed by atoms with van der Waals surface area (Å²) in [6.45, 7) is -2.09. The van der Waals surface area contributed by atoms with Crippen LogP contribution in [0, 0.1) is 0 Å². The number of aliphatic hydroxyl groups is 3. The Morgan fingerprint density at radius 1 is 1.59 bits per heavy atom. The van der Waals surface area contributed by atoms with Gasteiger partial charge in [0.05, 0.1) is 6.61 Å². The molecule has 22 heavy (non-hydrogen) atoms. The summed E-state index contributed by atoms with van der Waals surface area (Å²) in [5, 5.41) is 29.2. The molecule has 5 N–H and O–H groups in total. The smallest absolute Gasteiger partial charge is 0.351 e. The minimum Gasteiger partial charge on any atom is -0.393 e. The van der Waals surface area contributed by atoms with Crippen molar-refractivity contribution in [3.63, 3.8) is 0 Å². The summed E-state index contributed by atoms with van der Waals surface area (Å²) in [5.41, 5.74) is 3.11. The summed E-state index contributed by atoms with van der Waals surface area (Å²) in [6, 6.07) is 0. The molecule has 0 aliphatic carbocycles. The van der Waals surface area contributed by atoms with Crippen molar-refractivity contribution in [2.75, 3.05) is 19.0 Å². The van der Waals surface area contributed by atoms with E-state index in [1.807, 2.05) is 0 Å². The van der Waals surface area contributed by atoms with Gasteiger partial charge in [-0.05, 0) is 11.1 Å². The third kappa shape index (κ3) is 2.68.